The van der Waals surface area contributed by atoms with Gasteiger partial charge in [0.25, 0.3) is 0 Å². The van der Waals surface area contributed by atoms with E-state index in [9.17, 15) is 0 Å². The molecule has 0 saturated carbocycles. The van der Waals surface area contributed by atoms with Gasteiger partial charge in [0.15, 0.2) is 0 Å². The standard InChI is InChI=1S/C16H22N4/c1-3-20-16(15(17)11(2)19-20)18-14-10-6-8-12-7-4-5-9-13(12)14/h4-5,7,9,14,18H,3,6,8,10,17H2,1-2H3. The Morgan fingerprint density at radius 1 is 1.40 bits per heavy atom. The highest BCUT2D eigenvalue weighted by Crippen LogP contribution is 2.34. The highest BCUT2D eigenvalue weighted by Gasteiger charge is 2.22. The molecule has 1 unspecified atom stereocenters. The molecule has 4 heteroatoms. The summed E-state index contributed by atoms with van der Waals surface area (Å²) in [4.78, 5) is 0. The zero-order valence-corrected chi connectivity index (χ0v) is 12.2. The minimum Gasteiger partial charge on any atom is -0.394 e. The first-order chi connectivity index (χ1) is 9.70. The zero-order valence-electron chi connectivity index (χ0n) is 12.2. The first-order valence-corrected chi connectivity index (χ1v) is 7.38. The van der Waals surface area contributed by atoms with Crippen molar-refractivity contribution in [1.82, 2.24) is 9.78 Å². The monoisotopic (exact) mass is 270 g/mol. The van der Waals surface area contributed by atoms with E-state index in [0.29, 0.717) is 6.04 Å². The maximum absolute atomic E-state index is 6.17. The molecule has 3 rings (SSSR count). The Morgan fingerprint density at radius 2 is 2.20 bits per heavy atom. The van der Waals surface area contributed by atoms with E-state index in [4.69, 9.17) is 5.73 Å². The van der Waals surface area contributed by atoms with Crippen molar-refractivity contribution in [2.24, 2.45) is 0 Å². The van der Waals surface area contributed by atoms with Crippen LogP contribution >= 0.6 is 0 Å². The van der Waals surface area contributed by atoms with Gasteiger partial charge in [-0.3, -0.25) is 0 Å². The first kappa shape index (κ1) is 13.0. The minimum atomic E-state index is 0.337. The molecular formula is C16H22N4. The second-order valence-electron chi connectivity index (χ2n) is 5.45. The predicted octanol–water partition coefficient (Wildman–Crippen LogP) is 3.28. The first-order valence-electron chi connectivity index (χ1n) is 7.38. The number of nitrogen functional groups attached to an aromatic ring is 1. The Kier molecular flexibility index (Phi) is 3.38. The number of benzene rings is 1. The lowest BCUT2D eigenvalue weighted by Gasteiger charge is -2.27. The van der Waals surface area contributed by atoms with Gasteiger partial charge in [-0.2, -0.15) is 5.10 Å². The average Bonchev–Trinajstić information content (AvgIpc) is 2.75. The van der Waals surface area contributed by atoms with Crippen molar-refractivity contribution in [3.05, 3.63) is 41.1 Å². The summed E-state index contributed by atoms with van der Waals surface area (Å²) in [6.45, 7) is 4.88. The van der Waals surface area contributed by atoms with Crippen LogP contribution < -0.4 is 11.1 Å². The molecule has 1 aromatic carbocycles. The SMILES string of the molecule is CCn1nc(C)c(N)c1NC1CCCc2ccccc21. The van der Waals surface area contributed by atoms with Gasteiger partial charge in [-0.15, -0.1) is 0 Å². The van der Waals surface area contributed by atoms with E-state index < -0.39 is 0 Å². The lowest BCUT2D eigenvalue weighted by Crippen LogP contribution is -2.19. The van der Waals surface area contributed by atoms with Crippen molar-refractivity contribution in [2.75, 3.05) is 11.1 Å². The Morgan fingerprint density at radius 3 is 3.00 bits per heavy atom. The largest absolute Gasteiger partial charge is 0.394 e. The molecule has 1 aromatic heterocycles. The van der Waals surface area contributed by atoms with Crippen LogP contribution in [0.2, 0.25) is 0 Å². The van der Waals surface area contributed by atoms with Crippen molar-refractivity contribution in [1.29, 1.82) is 0 Å². The molecule has 0 bridgehead atoms. The molecule has 2 aromatic rings. The summed E-state index contributed by atoms with van der Waals surface area (Å²) in [7, 11) is 0. The Balaban J connectivity index is 1.93. The van der Waals surface area contributed by atoms with E-state index in [1.165, 1.54) is 24.0 Å². The maximum Gasteiger partial charge on any atom is 0.148 e. The summed E-state index contributed by atoms with van der Waals surface area (Å²) < 4.78 is 1.96. The summed E-state index contributed by atoms with van der Waals surface area (Å²) in [5, 5.41) is 8.10. The summed E-state index contributed by atoms with van der Waals surface area (Å²) >= 11 is 0. The number of rotatable bonds is 3. The second kappa shape index (κ2) is 5.19. The lowest BCUT2D eigenvalue weighted by molar-refractivity contribution is 0.584. The highest BCUT2D eigenvalue weighted by atomic mass is 15.3. The number of hydrogen-bond acceptors (Lipinski definition) is 3. The van der Waals surface area contributed by atoms with Crippen molar-refractivity contribution >= 4 is 11.5 Å². The molecule has 0 aliphatic heterocycles. The van der Waals surface area contributed by atoms with Crippen molar-refractivity contribution in [3.8, 4) is 0 Å². The summed E-state index contributed by atoms with van der Waals surface area (Å²) in [5.41, 5.74) is 10.7. The van der Waals surface area contributed by atoms with E-state index in [-0.39, 0.29) is 0 Å². The van der Waals surface area contributed by atoms with Gasteiger partial charge in [0.2, 0.25) is 0 Å². The number of nitrogens with two attached hydrogens (primary N) is 1. The number of nitrogens with one attached hydrogen (secondary N) is 1. The normalized spacial score (nSPS) is 17.8. The summed E-state index contributed by atoms with van der Waals surface area (Å²) in [6, 6.07) is 9.03. The van der Waals surface area contributed by atoms with E-state index in [1.807, 2.05) is 11.6 Å². The van der Waals surface area contributed by atoms with Crippen LogP contribution in [0.1, 0.15) is 42.6 Å². The van der Waals surface area contributed by atoms with Crippen LogP contribution in [0.15, 0.2) is 24.3 Å². The van der Waals surface area contributed by atoms with Gasteiger partial charge in [0.05, 0.1) is 17.4 Å². The van der Waals surface area contributed by atoms with Crippen LogP contribution in [-0.2, 0) is 13.0 Å². The smallest absolute Gasteiger partial charge is 0.148 e. The predicted molar refractivity (Wildman–Crippen MR) is 82.8 cm³/mol. The fraction of sp³-hybridized carbons (Fsp3) is 0.438. The van der Waals surface area contributed by atoms with E-state index in [2.05, 4.69) is 41.6 Å². The van der Waals surface area contributed by atoms with Crippen LogP contribution in [0.3, 0.4) is 0 Å². The van der Waals surface area contributed by atoms with Gasteiger partial charge in [-0.25, -0.2) is 4.68 Å². The van der Waals surface area contributed by atoms with E-state index >= 15 is 0 Å². The van der Waals surface area contributed by atoms with Gasteiger partial charge < -0.3 is 11.1 Å². The molecule has 1 atom stereocenters. The third-order valence-electron chi connectivity index (χ3n) is 4.15. The van der Waals surface area contributed by atoms with E-state index in [1.54, 1.807) is 0 Å². The lowest BCUT2D eigenvalue weighted by atomic mass is 9.88. The van der Waals surface area contributed by atoms with Crippen molar-refractivity contribution in [3.63, 3.8) is 0 Å². The van der Waals surface area contributed by atoms with Crippen molar-refractivity contribution in [2.45, 2.75) is 45.7 Å². The molecule has 4 nitrogen and oxygen atoms in total. The number of anilines is 2. The van der Waals surface area contributed by atoms with Crippen molar-refractivity contribution < 1.29 is 0 Å². The van der Waals surface area contributed by atoms with Crippen LogP contribution in [0, 0.1) is 6.92 Å². The minimum absolute atomic E-state index is 0.337. The number of nitrogens with zero attached hydrogens (tertiary/aromatic N) is 2. The summed E-state index contributed by atoms with van der Waals surface area (Å²) in [6.07, 6.45) is 3.54. The molecule has 1 aliphatic carbocycles. The Labute approximate surface area is 120 Å². The maximum atomic E-state index is 6.17. The van der Waals surface area contributed by atoms with Crippen LogP contribution in [0.25, 0.3) is 0 Å². The van der Waals surface area contributed by atoms with Gasteiger partial charge in [0.1, 0.15) is 5.82 Å². The molecular weight excluding hydrogens is 248 g/mol. The molecule has 0 radical (unpaired) electrons. The number of hydrogen-bond donors (Lipinski definition) is 2. The molecule has 106 valence electrons. The molecule has 0 saturated heterocycles. The average molecular weight is 270 g/mol. The number of aromatic nitrogens is 2. The third-order valence-corrected chi connectivity index (χ3v) is 4.15. The molecule has 20 heavy (non-hydrogen) atoms. The van der Waals surface area contributed by atoms with E-state index in [0.717, 1.165) is 30.2 Å². The van der Waals surface area contributed by atoms with Crippen LogP contribution in [0.5, 0.6) is 0 Å². The van der Waals surface area contributed by atoms with Gasteiger partial charge in [-0.05, 0) is 44.2 Å². The number of aryl methyl sites for hydroxylation is 3. The third kappa shape index (κ3) is 2.15. The molecule has 0 spiro atoms. The van der Waals surface area contributed by atoms with Gasteiger partial charge >= 0.3 is 0 Å². The van der Waals surface area contributed by atoms with Gasteiger partial charge in [0, 0.05) is 6.54 Å². The molecule has 0 amide bonds. The molecule has 1 heterocycles. The fourth-order valence-corrected chi connectivity index (χ4v) is 3.05. The quantitative estimate of drug-likeness (QED) is 0.900. The van der Waals surface area contributed by atoms with Crippen LogP contribution in [0.4, 0.5) is 11.5 Å². The molecule has 3 N–H and O–H groups in total. The summed E-state index contributed by atoms with van der Waals surface area (Å²) in [5.74, 6) is 0.965. The number of fused-ring (bicyclic) bond motifs is 1. The highest BCUT2D eigenvalue weighted by molar-refractivity contribution is 5.65. The topological polar surface area (TPSA) is 55.9 Å². The molecule has 0 fully saturated rings. The Hall–Kier alpha value is -1.97. The zero-order chi connectivity index (χ0) is 14.1. The molecule has 1 aliphatic rings. The Bertz CT molecular complexity index is 615. The second-order valence-corrected chi connectivity index (χ2v) is 5.45. The van der Waals surface area contributed by atoms with Crippen LogP contribution in [-0.4, -0.2) is 9.78 Å². The fourth-order valence-electron chi connectivity index (χ4n) is 3.05. The van der Waals surface area contributed by atoms with Gasteiger partial charge in [-0.1, -0.05) is 24.3 Å².